The molecule has 1 aromatic rings. The van der Waals surface area contributed by atoms with Crippen LogP contribution in [0.25, 0.3) is 0 Å². The lowest BCUT2D eigenvalue weighted by molar-refractivity contribution is -0.125. The van der Waals surface area contributed by atoms with Crippen molar-refractivity contribution in [1.82, 2.24) is 10.4 Å². The van der Waals surface area contributed by atoms with Crippen LogP contribution in [-0.4, -0.2) is 10.9 Å². The van der Waals surface area contributed by atoms with Crippen molar-refractivity contribution in [2.75, 3.05) is 0 Å². The molecule has 0 aliphatic heterocycles. The SMILES string of the molecule is Cc1nc(C(C)(C)C(=O)NN)cs1. The molecule has 4 nitrogen and oxygen atoms in total. The summed E-state index contributed by atoms with van der Waals surface area (Å²) in [5, 5.41) is 2.83. The van der Waals surface area contributed by atoms with Crippen molar-refractivity contribution in [2.24, 2.45) is 5.84 Å². The van der Waals surface area contributed by atoms with E-state index < -0.39 is 5.41 Å². The Hall–Kier alpha value is -0.940. The number of hydrogen-bond acceptors (Lipinski definition) is 4. The number of amides is 1. The molecule has 0 bridgehead atoms. The summed E-state index contributed by atoms with van der Waals surface area (Å²) >= 11 is 1.53. The van der Waals surface area contributed by atoms with Crippen LogP contribution >= 0.6 is 11.3 Å². The number of nitrogens with one attached hydrogen (secondary N) is 1. The lowest BCUT2D eigenvalue weighted by Crippen LogP contribution is -2.43. The second-order valence-electron chi connectivity index (χ2n) is 3.35. The molecule has 0 spiro atoms. The number of nitrogens with zero attached hydrogens (tertiary/aromatic N) is 1. The molecule has 0 radical (unpaired) electrons. The first-order chi connectivity index (χ1) is 5.98. The van der Waals surface area contributed by atoms with E-state index in [1.807, 2.05) is 12.3 Å². The zero-order valence-corrected chi connectivity index (χ0v) is 8.73. The highest BCUT2D eigenvalue weighted by atomic mass is 32.1. The Morgan fingerprint density at radius 1 is 1.69 bits per heavy atom. The van der Waals surface area contributed by atoms with E-state index in [0.29, 0.717) is 0 Å². The molecule has 0 unspecified atom stereocenters. The van der Waals surface area contributed by atoms with E-state index in [1.165, 1.54) is 11.3 Å². The zero-order chi connectivity index (χ0) is 10.1. The van der Waals surface area contributed by atoms with Gasteiger partial charge in [-0.05, 0) is 20.8 Å². The van der Waals surface area contributed by atoms with Gasteiger partial charge >= 0.3 is 0 Å². The number of carbonyl (C=O) groups is 1. The van der Waals surface area contributed by atoms with E-state index in [1.54, 1.807) is 13.8 Å². The van der Waals surface area contributed by atoms with Gasteiger partial charge in [-0.2, -0.15) is 0 Å². The highest BCUT2D eigenvalue weighted by Gasteiger charge is 2.31. The maximum Gasteiger partial charge on any atom is 0.245 e. The number of thiazole rings is 1. The van der Waals surface area contributed by atoms with Gasteiger partial charge in [0.1, 0.15) is 0 Å². The normalized spacial score (nSPS) is 11.4. The van der Waals surface area contributed by atoms with E-state index in [-0.39, 0.29) is 5.91 Å². The third kappa shape index (κ3) is 1.87. The van der Waals surface area contributed by atoms with Gasteiger partial charge in [-0.3, -0.25) is 10.2 Å². The molecule has 3 N–H and O–H groups in total. The maximum absolute atomic E-state index is 11.4. The summed E-state index contributed by atoms with van der Waals surface area (Å²) in [6, 6.07) is 0. The minimum atomic E-state index is -0.653. The van der Waals surface area contributed by atoms with E-state index in [9.17, 15) is 4.79 Å². The number of aromatic nitrogens is 1. The Kier molecular flexibility index (Phi) is 2.68. The van der Waals surface area contributed by atoms with Crippen molar-refractivity contribution >= 4 is 17.2 Å². The summed E-state index contributed by atoms with van der Waals surface area (Å²) in [7, 11) is 0. The molecular formula is C8H13N3OS. The van der Waals surface area contributed by atoms with Crippen molar-refractivity contribution in [1.29, 1.82) is 0 Å². The van der Waals surface area contributed by atoms with Crippen LogP contribution in [0.4, 0.5) is 0 Å². The van der Waals surface area contributed by atoms with Gasteiger partial charge in [0.15, 0.2) is 0 Å². The van der Waals surface area contributed by atoms with Gasteiger partial charge in [0.25, 0.3) is 0 Å². The lowest BCUT2D eigenvalue weighted by atomic mass is 9.89. The monoisotopic (exact) mass is 199 g/mol. The van der Waals surface area contributed by atoms with E-state index >= 15 is 0 Å². The van der Waals surface area contributed by atoms with Gasteiger partial charge < -0.3 is 0 Å². The van der Waals surface area contributed by atoms with Crippen LogP contribution in [-0.2, 0) is 10.2 Å². The van der Waals surface area contributed by atoms with Gasteiger partial charge in [0, 0.05) is 5.38 Å². The Balaban J connectivity index is 2.99. The van der Waals surface area contributed by atoms with Crippen molar-refractivity contribution in [3.05, 3.63) is 16.1 Å². The first-order valence-corrected chi connectivity index (χ1v) is 4.80. The molecule has 0 saturated carbocycles. The second-order valence-corrected chi connectivity index (χ2v) is 4.41. The van der Waals surface area contributed by atoms with Gasteiger partial charge in [-0.25, -0.2) is 10.8 Å². The van der Waals surface area contributed by atoms with E-state index in [2.05, 4.69) is 10.4 Å². The number of hydrogen-bond donors (Lipinski definition) is 2. The molecule has 0 aliphatic rings. The van der Waals surface area contributed by atoms with Crippen LogP contribution in [0.2, 0.25) is 0 Å². The number of hydrazine groups is 1. The first kappa shape index (κ1) is 10.1. The van der Waals surface area contributed by atoms with Crippen LogP contribution in [0, 0.1) is 6.92 Å². The maximum atomic E-state index is 11.4. The predicted molar refractivity (Wildman–Crippen MR) is 52.2 cm³/mol. The van der Waals surface area contributed by atoms with Gasteiger partial charge in [-0.15, -0.1) is 11.3 Å². The molecule has 0 aliphatic carbocycles. The molecule has 1 heterocycles. The van der Waals surface area contributed by atoms with Crippen molar-refractivity contribution in [3.8, 4) is 0 Å². The molecule has 0 aromatic carbocycles. The third-order valence-corrected chi connectivity index (χ3v) is 2.73. The zero-order valence-electron chi connectivity index (χ0n) is 7.92. The largest absolute Gasteiger partial charge is 0.293 e. The fraction of sp³-hybridized carbons (Fsp3) is 0.500. The van der Waals surface area contributed by atoms with E-state index in [4.69, 9.17) is 5.84 Å². The Labute approximate surface area is 81.1 Å². The fourth-order valence-electron chi connectivity index (χ4n) is 0.947. The molecule has 5 heteroatoms. The van der Waals surface area contributed by atoms with Crippen molar-refractivity contribution in [2.45, 2.75) is 26.2 Å². The third-order valence-electron chi connectivity index (χ3n) is 1.96. The molecule has 0 saturated heterocycles. The Bertz CT molecular complexity index is 319. The summed E-state index contributed by atoms with van der Waals surface area (Å²) in [5.74, 6) is 4.85. The fourth-order valence-corrected chi connectivity index (χ4v) is 1.73. The van der Waals surface area contributed by atoms with E-state index in [0.717, 1.165) is 10.7 Å². The number of aryl methyl sites for hydroxylation is 1. The van der Waals surface area contributed by atoms with Gasteiger partial charge in [0.05, 0.1) is 16.1 Å². The van der Waals surface area contributed by atoms with Crippen LogP contribution in [0.3, 0.4) is 0 Å². The Morgan fingerprint density at radius 3 is 2.69 bits per heavy atom. The van der Waals surface area contributed by atoms with Crippen LogP contribution in [0.5, 0.6) is 0 Å². The molecule has 1 rings (SSSR count). The minimum absolute atomic E-state index is 0.224. The topological polar surface area (TPSA) is 68.0 Å². The highest BCUT2D eigenvalue weighted by molar-refractivity contribution is 7.09. The molecule has 1 aromatic heterocycles. The average Bonchev–Trinajstić information content (AvgIpc) is 2.50. The number of nitrogens with two attached hydrogens (primary N) is 1. The van der Waals surface area contributed by atoms with Crippen LogP contribution in [0.1, 0.15) is 24.5 Å². The van der Waals surface area contributed by atoms with Crippen molar-refractivity contribution < 1.29 is 4.79 Å². The smallest absolute Gasteiger partial charge is 0.245 e. The van der Waals surface area contributed by atoms with Gasteiger partial charge in [-0.1, -0.05) is 0 Å². The molecule has 0 fully saturated rings. The summed E-state index contributed by atoms with van der Waals surface area (Å²) in [6.07, 6.45) is 0. The van der Waals surface area contributed by atoms with Crippen molar-refractivity contribution in [3.63, 3.8) is 0 Å². The second kappa shape index (κ2) is 3.43. The lowest BCUT2D eigenvalue weighted by Gasteiger charge is -2.19. The molecule has 0 atom stereocenters. The standard InChI is InChI=1S/C8H13N3OS/c1-5-10-6(4-13-5)8(2,3)7(12)11-9/h4H,9H2,1-3H3,(H,11,12). The molecule has 1 amide bonds. The summed E-state index contributed by atoms with van der Waals surface area (Å²) in [5.41, 5.74) is 2.25. The molecule has 72 valence electrons. The molecule has 13 heavy (non-hydrogen) atoms. The number of carbonyl (C=O) groups excluding carboxylic acids is 1. The summed E-state index contributed by atoms with van der Waals surface area (Å²) in [6.45, 7) is 5.50. The quantitative estimate of drug-likeness (QED) is 0.419. The van der Waals surface area contributed by atoms with Crippen LogP contribution < -0.4 is 11.3 Å². The minimum Gasteiger partial charge on any atom is -0.293 e. The molecular weight excluding hydrogens is 186 g/mol. The average molecular weight is 199 g/mol. The predicted octanol–water partition coefficient (Wildman–Crippen LogP) is 0.719. The number of rotatable bonds is 2. The van der Waals surface area contributed by atoms with Crippen LogP contribution in [0.15, 0.2) is 5.38 Å². The highest BCUT2D eigenvalue weighted by Crippen LogP contribution is 2.24. The summed E-state index contributed by atoms with van der Waals surface area (Å²) in [4.78, 5) is 15.6. The summed E-state index contributed by atoms with van der Waals surface area (Å²) < 4.78 is 0. The first-order valence-electron chi connectivity index (χ1n) is 3.92. The Morgan fingerprint density at radius 2 is 2.31 bits per heavy atom. The van der Waals surface area contributed by atoms with Gasteiger partial charge in [0.2, 0.25) is 5.91 Å².